The third-order valence-corrected chi connectivity index (χ3v) is 5.62. The van der Waals surface area contributed by atoms with E-state index in [2.05, 4.69) is 20.5 Å². The van der Waals surface area contributed by atoms with E-state index in [0.717, 1.165) is 27.9 Å². The number of carbonyl (C=O) groups excluding carboxylic acids is 1. The maximum atomic E-state index is 12.9. The van der Waals surface area contributed by atoms with Crippen molar-refractivity contribution >= 4 is 51.0 Å². The Morgan fingerprint density at radius 3 is 2.66 bits per heavy atom. The Kier molecular flexibility index (Phi) is 5.37. The first kappa shape index (κ1) is 19.2. The summed E-state index contributed by atoms with van der Waals surface area (Å²) in [6, 6.07) is 13.7. The number of carbonyl (C=O) groups is 1. The summed E-state index contributed by atoms with van der Waals surface area (Å²) in [7, 11) is 1.90. The van der Waals surface area contributed by atoms with Crippen molar-refractivity contribution in [3.05, 3.63) is 75.8 Å². The molecule has 0 aliphatic heterocycles. The largest absolute Gasteiger partial charge is 0.346 e. The van der Waals surface area contributed by atoms with E-state index < -0.39 is 0 Å². The number of aromatic nitrogens is 4. The Morgan fingerprint density at radius 2 is 1.90 bits per heavy atom. The van der Waals surface area contributed by atoms with Crippen LogP contribution in [0.25, 0.3) is 22.1 Å². The SMILES string of the molecule is Cn1c(/C=C(\Cl)c2nnc(C(=O)NCc3ccc(F)cc3)s2)nc2ccccc21. The molecule has 2 aromatic carbocycles. The molecule has 0 aliphatic rings. The van der Waals surface area contributed by atoms with E-state index >= 15 is 0 Å². The number of para-hydroxylation sites is 2. The van der Waals surface area contributed by atoms with Crippen LogP contribution in [0.3, 0.4) is 0 Å². The van der Waals surface area contributed by atoms with Crippen LogP contribution in [0.4, 0.5) is 4.39 Å². The first-order valence-corrected chi connectivity index (χ1v) is 9.86. The zero-order chi connectivity index (χ0) is 20.4. The van der Waals surface area contributed by atoms with Crippen LogP contribution in [0.1, 0.15) is 26.2 Å². The lowest BCUT2D eigenvalue weighted by molar-refractivity contribution is 0.0950. The Morgan fingerprint density at radius 1 is 1.17 bits per heavy atom. The van der Waals surface area contributed by atoms with E-state index in [-0.39, 0.29) is 23.3 Å². The van der Waals surface area contributed by atoms with Crippen LogP contribution in [0.5, 0.6) is 0 Å². The molecule has 0 radical (unpaired) electrons. The first-order chi connectivity index (χ1) is 14.0. The highest BCUT2D eigenvalue weighted by Crippen LogP contribution is 2.26. The molecule has 4 rings (SSSR count). The van der Waals surface area contributed by atoms with Gasteiger partial charge in [0.1, 0.15) is 11.6 Å². The number of fused-ring (bicyclic) bond motifs is 1. The molecule has 0 atom stereocenters. The lowest BCUT2D eigenvalue weighted by atomic mass is 10.2. The van der Waals surface area contributed by atoms with Gasteiger partial charge >= 0.3 is 0 Å². The number of amides is 1. The lowest BCUT2D eigenvalue weighted by Gasteiger charge is -2.02. The van der Waals surface area contributed by atoms with E-state index in [4.69, 9.17) is 11.6 Å². The molecule has 1 amide bonds. The van der Waals surface area contributed by atoms with E-state index in [9.17, 15) is 9.18 Å². The number of imidazole rings is 1. The molecule has 146 valence electrons. The van der Waals surface area contributed by atoms with Crippen molar-refractivity contribution in [1.82, 2.24) is 25.1 Å². The molecule has 1 N–H and O–H groups in total. The quantitative estimate of drug-likeness (QED) is 0.517. The second-order valence-electron chi connectivity index (χ2n) is 6.23. The minimum absolute atomic E-state index is 0.193. The van der Waals surface area contributed by atoms with Gasteiger partial charge in [-0.15, -0.1) is 10.2 Å². The normalized spacial score (nSPS) is 11.8. The lowest BCUT2D eigenvalue weighted by Crippen LogP contribution is -2.22. The molecule has 0 unspecified atom stereocenters. The van der Waals surface area contributed by atoms with E-state index in [1.54, 1.807) is 18.2 Å². The monoisotopic (exact) mass is 427 g/mol. The van der Waals surface area contributed by atoms with E-state index in [1.807, 2.05) is 35.9 Å². The molecule has 0 spiro atoms. The zero-order valence-electron chi connectivity index (χ0n) is 15.3. The number of nitrogens with zero attached hydrogens (tertiary/aromatic N) is 4. The van der Waals surface area contributed by atoms with Crippen LogP contribution in [0, 0.1) is 5.82 Å². The Labute approximate surface area is 174 Å². The van der Waals surface area contributed by atoms with Gasteiger partial charge in [-0.3, -0.25) is 4.79 Å². The Hall–Kier alpha value is -3.10. The molecule has 9 heteroatoms. The number of aryl methyl sites for hydroxylation is 1. The number of rotatable bonds is 5. The van der Waals surface area contributed by atoms with Crippen molar-refractivity contribution in [1.29, 1.82) is 0 Å². The smallest absolute Gasteiger partial charge is 0.282 e. The molecule has 2 heterocycles. The van der Waals surface area contributed by atoms with Crippen molar-refractivity contribution in [3.8, 4) is 0 Å². The van der Waals surface area contributed by atoms with Crippen LogP contribution in [0.2, 0.25) is 0 Å². The van der Waals surface area contributed by atoms with Gasteiger partial charge in [0, 0.05) is 19.7 Å². The molecular weight excluding hydrogens is 413 g/mol. The van der Waals surface area contributed by atoms with Gasteiger partial charge < -0.3 is 9.88 Å². The minimum Gasteiger partial charge on any atom is -0.346 e. The fourth-order valence-electron chi connectivity index (χ4n) is 2.74. The summed E-state index contributed by atoms with van der Waals surface area (Å²) in [5, 5.41) is 11.6. The van der Waals surface area contributed by atoms with Gasteiger partial charge in [0.25, 0.3) is 5.91 Å². The predicted molar refractivity (Wildman–Crippen MR) is 112 cm³/mol. The van der Waals surface area contributed by atoms with Crippen LogP contribution in [-0.2, 0) is 13.6 Å². The van der Waals surface area contributed by atoms with Crippen LogP contribution < -0.4 is 5.32 Å². The van der Waals surface area contributed by atoms with Crippen molar-refractivity contribution in [2.75, 3.05) is 0 Å². The zero-order valence-corrected chi connectivity index (χ0v) is 16.8. The number of hydrogen-bond acceptors (Lipinski definition) is 5. The topological polar surface area (TPSA) is 72.7 Å². The maximum absolute atomic E-state index is 12.9. The van der Waals surface area contributed by atoms with Gasteiger partial charge in [0.15, 0.2) is 5.01 Å². The van der Waals surface area contributed by atoms with Gasteiger partial charge in [-0.05, 0) is 29.8 Å². The first-order valence-electron chi connectivity index (χ1n) is 8.66. The Bertz CT molecular complexity index is 1220. The van der Waals surface area contributed by atoms with Crippen molar-refractivity contribution < 1.29 is 9.18 Å². The molecule has 0 fully saturated rings. The van der Waals surface area contributed by atoms with Gasteiger partial charge in [0.05, 0.1) is 16.1 Å². The highest BCUT2D eigenvalue weighted by Gasteiger charge is 2.15. The summed E-state index contributed by atoms with van der Waals surface area (Å²) in [6.45, 7) is 0.261. The second kappa shape index (κ2) is 8.10. The molecular formula is C20H15ClFN5OS. The van der Waals surface area contributed by atoms with Gasteiger partial charge in [-0.25, -0.2) is 9.37 Å². The third kappa shape index (κ3) is 4.18. The molecule has 0 saturated heterocycles. The summed E-state index contributed by atoms with van der Waals surface area (Å²) in [4.78, 5) is 16.8. The summed E-state index contributed by atoms with van der Waals surface area (Å²) in [5.41, 5.74) is 2.63. The molecule has 0 saturated carbocycles. The number of benzene rings is 2. The molecule has 6 nitrogen and oxygen atoms in total. The molecule has 0 bridgehead atoms. The van der Waals surface area contributed by atoms with Crippen LogP contribution in [0.15, 0.2) is 48.5 Å². The average molecular weight is 428 g/mol. The number of nitrogens with one attached hydrogen (secondary N) is 1. The van der Waals surface area contributed by atoms with E-state index in [0.29, 0.717) is 15.9 Å². The van der Waals surface area contributed by atoms with Crippen LogP contribution in [-0.4, -0.2) is 25.7 Å². The maximum Gasteiger partial charge on any atom is 0.282 e. The predicted octanol–water partition coefficient (Wildman–Crippen LogP) is 4.23. The summed E-state index contributed by atoms with van der Waals surface area (Å²) in [5.74, 6) is -0.0186. The van der Waals surface area contributed by atoms with Gasteiger partial charge in [-0.2, -0.15) is 0 Å². The summed E-state index contributed by atoms with van der Waals surface area (Å²) in [6.07, 6.45) is 1.70. The van der Waals surface area contributed by atoms with Crippen molar-refractivity contribution in [2.24, 2.45) is 7.05 Å². The molecule has 4 aromatic rings. The summed E-state index contributed by atoms with van der Waals surface area (Å²) >= 11 is 7.48. The van der Waals surface area contributed by atoms with Gasteiger partial charge in [-0.1, -0.05) is 47.2 Å². The second-order valence-corrected chi connectivity index (χ2v) is 7.62. The van der Waals surface area contributed by atoms with E-state index in [1.165, 1.54) is 12.1 Å². The highest BCUT2D eigenvalue weighted by molar-refractivity contribution is 7.15. The Balaban J connectivity index is 1.48. The van der Waals surface area contributed by atoms with Crippen molar-refractivity contribution in [2.45, 2.75) is 6.54 Å². The minimum atomic E-state index is -0.370. The van der Waals surface area contributed by atoms with Gasteiger partial charge in [0.2, 0.25) is 5.01 Å². The average Bonchev–Trinajstić information content (AvgIpc) is 3.33. The molecule has 29 heavy (non-hydrogen) atoms. The van der Waals surface area contributed by atoms with Crippen molar-refractivity contribution in [3.63, 3.8) is 0 Å². The molecule has 2 aromatic heterocycles. The molecule has 0 aliphatic carbocycles. The fourth-order valence-corrected chi connectivity index (χ4v) is 3.66. The number of hydrogen-bond donors (Lipinski definition) is 1. The highest BCUT2D eigenvalue weighted by atomic mass is 35.5. The van der Waals surface area contributed by atoms with Crippen LogP contribution >= 0.6 is 22.9 Å². The third-order valence-electron chi connectivity index (χ3n) is 4.27. The standard InChI is InChI=1S/C20H15ClFN5OS/c1-27-16-5-3-2-4-15(16)24-17(27)10-14(21)19-25-26-20(29-19)18(28)23-11-12-6-8-13(22)9-7-12/h2-10H,11H2,1H3,(H,23,28)/b14-10-. The number of halogens is 2. The fraction of sp³-hybridized carbons (Fsp3) is 0.100. The summed E-state index contributed by atoms with van der Waals surface area (Å²) < 4.78 is 14.9.